The lowest BCUT2D eigenvalue weighted by molar-refractivity contribution is 0.575. The fourth-order valence-corrected chi connectivity index (χ4v) is 2.65. The highest BCUT2D eigenvalue weighted by molar-refractivity contribution is 6.34. The molecule has 0 fully saturated rings. The van der Waals surface area contributed by atoms with E-state index in [-0.39, 0.29) is 6.04 Å². The van der Waals surface area contributed by atoms with Crippen LogP contribution in [0, 0.1) is 0 Å². The third-order valence-corrected chi connectivity index (χ3v) is 3.55. The maximum absolute atomic E-state index is 5.98. The first kappa shape index (κ1) is 14.7. The van der Waals surface area contributed by atoms with Crippen LogP contribution in [0.2, 0.25) is 15.1 Å². The molecule has 1 atom stereocenters. The third kappa shape index (κ3) is 4.39. The molecule has 19 heavy (non-hydrogen) atoms. The largest absolute Gasteiger partial charge is 0.306 e. The summed E-state index contributed by atoms with van der Waals surface area (Å²) in [5.74, 6) is 0. The molecule has 2 rings (SSSR count). The molecular formula is C15H14Cl3N. The number of nitrogens with one attached hydrogen (secondary N) is 1. The molecule has 0 aliphatic carbocycles. The molecule has 0 unspecified atom stereocenters. The van der Waals surface area contributed by atoms with Crippen LogP contribution in [0.5, 0.6) is 0 Å². The summed E-state index contributed by atoms with van der Waals surface area (Å²) in [5, 5.41) is 5.47. The van der Waals surface area contributed by atoms with E-state index in [0.29, 0.717) is 16.6 Å². The minimum Gasteiger partial charge on any atom is -0.306 e. The summed E-state index contributed by atoms with van der Waals surface area (Å²) >= 11 is 17.9. The highest BCUT2D eigenvalue weighted by Crippen LogP contribution is 2.21. The Morgan fingerprint density at radius 3 is 2.26 bits per heavy atom. The van der Waals surface area contributed by atoms with E-state index in [0.717, 1.165) is 16.1 Å². The van der Waals surface area contributed by atoms with Gasteiger partial charge in [0.25, 0.3) is 0 Å². The van der Waals surface area contributed by atoms with E-state index < -0.39 is 0 Å². The van der Waals surface area contributed by atoms with Crippen molar-refractivity contribution in [3.05, 3.63) is 68.7 Å². The van der Waals surface area contributed by atoms with E-state index in [2.05, 4.69) is 18.3 Å². The van der Waals surface area contributed by atoms with Crippen LogP contribution in [0.1, 0.15) is 24.1 Å². The van der Waals surface area contributed by atoms with Crippen molar-refractivity contribution in [2.45, 2.75) is 19.5 Å². The summed E-state index contributed by atoms with van der Waals surface area (Å²) < 4.78 is 0. The fraction of sp³-hybridized carbons (Fsp3) is 0.200. The van der Waals surface area contributed by atoms with E-state index in [1.807, 2.05) is 30.3 Å². The van der Waals surface area contributed by atoms with Gasteiger partial charge in [-0.25, -0.2) is 0 Å². The van der Waals surface area contributed by atoms with Gasteiger partial charge in [-0.15, -0.1) is 0 Å². The summed E-state index contributed by atoms with van der Waals surface area (Å²) in [6.07, 6.45) is 0. The number of hydrogen-bond acceptors (Lipinski definition) is 1. The molecule has 0 aromatic heterocycles. The molecule has 2 aromatic rings. The van der Waals surface area contributed by atoms with Crippen LogP contribution in [0.25, 0.3) is 0 Å². The molecule has 0 saturated heterocycles. The molecule has 2 aromatic carbocycles. The first-order chi connectivity index (χ1) is 9.04. The summed E-state index contributed by atoms with van der Waals surface area (Å²) in [4.78, 5) is 0. The highest BCUT2D eigenvalue weighted by atomic mass is 35.5. The average Bonchev–Trinajstić information content (AvgIpc) is 2.35. The van der Waals surface area contributed by atoms with Gasteiger partial charge in [-0.3, -0.25) is 0 Å². The number of rotatable bonds is 4. The quantitative estimate of drug-likeness (QED) is 0.786. The Kier molecular flexibility index (Phi) is 5.12. The van der Waals surface area contributed by atoms with E-state index >= 15 is 0 Å². The second-order valence-corrected chi connectivity index (χ2v) is 5.74. The Balaban J connectivity index is 2.02. The van der Waals surface area contributed by atoms with Crippen LogP contribution in [0.15, 0.2) is 42.5 Å². The highest BCUT2D eigenvalue weighted by Gasteiger charge is 2.06. The van der Waals surface area contributed by atoms with Gasteiger partial charge in [0.2, 0.25) is 0 Å². The lowest BCUT2D eigenvalue weighted by atomic mass is 10.1. The average molecular weight is 315 g/mol. The molecule has 0 radical (unpaired) electrons. The second-order valence-electron chi connectivity index (χ2n) is 4.44. The Bertz CT molecular complexity index is 549. The van der Waals surface area contributed by atoms with Gasteiger partial charge in [0.05, 0.1) is 0 Å². The molecular weight excluding hydrogens is 301 g/mol. The lowest BCUT2D eigenvalue weighted by Crippen LogP contribution is -2.18. The first-order valence-electron chi connectivity index (χ1n) is 5.98. The SMILES string of the molecule is C[C@@H](NCc1cc(Cl)cc(Cl)c1)c1cccc(Cl)c1. The molecule has 0 amide bonds. The van der Waals surface area contributed by atoms with E-state index in [4.69, 9.17) is 34.8 Å². The van der Waals surface area contributed by atoms with Crippen LogP contribution >= 0.6 is 34.8 Å². The Morgan fingerprint density at radius 1 is 0.947 bits per heavy atom. The van der Waals surface area contributed by atoms with Crippen molar-refractivity contribution in [1.82, 2.24) is 5.32 Å². The zero-order valence-corrected chi connectivity index (χ0v) is 12.7. The normalized spacial score (nSPS) is 12.4. The Morgan fingerprint density at radius 2 is 1.63 bits per heavy atom. The molecule has 0 spiro atoms. The van der Waals surface area contributed by atoms with E-state index in [1.165, 1.54) is 0 Å². The van der Waals surface area contributed by atoms with Gasteiger partial charge in [-0.05, 0) is 48.4 Å². The van der Waals surface area contributed by atoms with Crippen LogP contribution in [0.3, 0.4) is 0 Å². The van der Waals surface area contributed by atoms with Gasteiger partial charge in [0.15, 0.2) is 0 Å². The fourth-order valence-electron chi connectivity index (χ4n) is 1.88. The van der Waals surface area contributed by atoms with Gasteiger partial charge in [-0.2, -0.15) is 0 Å². The van der Waals surface area contributed by atoms with E-state index in [9.17, 15) is 0 Å². The summed E-state index contributed by atoms with van der Waals surface area (Å²) in [6, 6.07) is 13.6. The molecule has 100 valence electrons. The van der Waals surface area contributed by atoms with Crippen molar-refractivity contribution >= 4 is 34.8 Å². The number of benzene rings is 2. The van der Waals surface area contributed by atoms with Gasteiger partial charge in [-0.1, -0.05) is 46.9 Å². The molecule has 1 N–H and O–H groups in total. The third-order valence-electron chi connectivity index (χ3n) is 2.88. The molecule has 0 aliphatic rings. The maximum atomic E-state index is 5.98. The van der Waals surface area contributed by atoms with Crippen molar-refractivity contribution in [3.8, 4) is 0 Å². The maximum Gasteiger partial charge on any atom is 0.0424 e. The smallest absolute Gasteiger partial charge is 0.0424 e. The van der Waals surface area contributed by atoms with Crippen molar-refractivity contribution in [2.24, 2.45) is 0 Å². The second kappa shape index (κ2) is 6.62. The lowest BCUT2D eigenvalue weighted by Gasteiger charge is -2.15. The Hall–Kier alpha value is -0.730. The topological polar surface area (TPSA) is 12.0 Å². The molecule has 4 heteroatoms. The van der Waals surface area contributed by atoms with Crippen LogP contribution in [-0.2, 0) is 6.54 Å². The molecule has 0 heterocycles. The summed E-state index contributed by atoms with van der Waals surface area (Å²) in [7, 11) is 0. The minimum absolute atomic E-state index is 0.205. The molecule has 0 saturated carbocycles. The van der Waals surface area contributed by atoms with Crippen LogP contribution in [-0.4, -0.2) is 0 Å². The van der Waals surface area contributed by atoms with Crippen molar-refractivity contribution in [1.29, 1.82) is 0 Å². The van der Waals surface area contributed by atoms with E-state index in [1.54, 1.807) is 6.07 Å². The predicted molar refractivity (Wildman–Crippen MR) is 83.2 cm³/mol. The van der Waals surface area contributed by atoms with Crippen LogP contribution in [0.4, 0.5) is 0 Å². The van der Waals surface area contributed by atoms with Crippen molar-refractivity contribution < 1.29 is 0 Å². The predicted octanol–water partition coefficient (Wildman–Crippen LogP) is 5.50. The Labute approximate surface area is 128 Å². The standard InChI is InChI=1S/C15H14Cl3N/c1-10(12-3-2-4-13(16)7-12)19-9-11-5-14(17)8-15(18)6-11/h2-8,10,19H,9H2,1H3/t10-/m1/s1. The monoisotopic (exact) mass is 313 g/mol. The minimum atomic E-state index is 0.205. The number of hydrogen-bond donors (Lipinski definition) is 1. The molecule has 0 aliphatic heterocycles. The summed E-state index contributed by atoms with van der Waals surface area (Å²) in [6.45, 7) is 2.80. The van der Waals surface area contributed by atoms with Gasteiger partial charge >= 0.3 is 0 Å². The first-order valence-corrected chi connectivity index (χ1v) is 7.12. The van der Waals surface area contributed by atoms with Crippen molar-refractivity contribution in [3.63, 3.8) is 0 Å². The van der Waals surface area contributed by atoms with Gasteiger partial charge < -0.3 is 5.32 Å². The van der Waals surface area contributed by atoms with Crippen molar-refractivity contribution in [2.75, 3.05) is 0 Å². The van der Waals surface area contributed by atoms with Crippen LogP contribution < -0.4 is 5.32 Å². The van der Waals surface area contributed by atoms with Gasteiger partial charge in [0, 0.05) is 27.7 Å². The summed E-state index contributed by atoms with van der Waals surface area (Å²) in [5.41, 5.74) is 2.21. The zero-order valence-electron chi connectivity index (χ0n) is 10.5. The zero-order chi connectivity index (χ0) is 13.8. The van der Waals surface area contributed by atoms with Gasteiger partial charge in [0.1, 0.15) is 0 Å². The molecule has 1 nitrogen and oxygen atoms in total. The molecule has 0 bridgehead atoms. The number of halogens is 3.